The highest BCUT2D eigenvalue weighted by Crippen LogP contribution is 2.23. The SMILES string of the molecule is CCCCCCCCC(CCCCCC)C(=O)OCCCCCCN(CCCCCC)C(=O)CCCCCCCN(CCCCCCCC(=O)N(CCCCCC)CCCCCCOC(=O)C(CCCCCC)CCCCCCCC)CCCn1ccnc1. The zero-order chi connectivity index (χ0) is 64.6. The van der Waals surface area contributed by atoms with Crippen LogP contribution < -0.4 is 0 Å². The van der Waals surface area contributed by atoms with Crippen molar-refractivity contribution in [3.8, 4) is 0 Å². The molecule has 1 aromatic rings. The van der Waals surface area contributed by atoms with E-state index in [-0.39, 0.29) is 23.8 Å². The molecule has 0 saturated heterocycles. The summed E-state index contributed by atoms with van der Waals surface area (Å²) >= 11 is 0. The molecule has 1 rings (SSSR count). The zero-order valence-electron chi connectivity index (χ0n) is 60.1. The largest absolute Gasteiger partial charge is 0.465 e. The number of hydrogen-bond donors (Lipinski definition) is 0. The average Bonchev–Trinajstić information content (AvgIpc) is 4.11. The third-order valence-corrected chi connectivity index (χ3v) is 18.9. The molecule has 0 spiro atoms. The maximum Gasteiger partial charge on any atom is 0.308 e. The molecule has 0 aromatic carbocycles. The molecule has 89 heavy (non-hydrogen) atoms. The summed E-state index contributed by atoms with van der Waals surface area (Å²) in [7, 11) is 0. The minimum atomic E-state index is 0.0379. The van der Waals surface area contributed by atoms with Gasteiger partial charge in [-0.15, -0.1) is 0 Å². The fourth-order valence-corrected chi connectivity index (χ4v) is 12.8. The predicted molar refractivity (Wildman–Crippen MR) is 379 cm³/mol. The van der Waals surface area contributed by atoms with E-state index in [0.717, 1.165) is 200 Å². The maximum atomic E-state index is 13.6. The number of hydrogen-bond acceptors (Lipinski definition) is 8. The van der Waals surface area contributed by atoms with Crippen LogP contribution in [0.5, 0.6) is 0 Å². The van der Waals surface area contributed by atoms with Gasteiger partial charge >= 0.3 is 11.9 Å². The number of carbonyl (C=O) groups excluding carboxylic acids is 4. The Kier molecular flexibility index (Phi) is 61.5. The van der Waals surface area contributed by atoms with E-state index >= 15 is 0 Å². The highest BCUT2D eigenvalue weighted by atomic mass is 16.5. The molecule has 0 saturated carbocycles. The van der Waals surface area contributed by atoms with Gasteiger partial charge in [-0.2, -0.15) is 0 Å². The third kappa shape index (κ3) is 52.2. The predicted octanol–water partition coefficient (Wildman–Crippen LogP) is 22.0. The molecule has 2 atom stereocenters. The van der Waals surface area contributed by atoms with Gasteiger partial charge in [0.1, 0.15) is 0 Å². The second kappa shape index (κ2) is 65.1. The molecule has 11 nitrogen and oxygen atoms in total. The van der Waals surface area contributed by atoms with Crippen molar-refractivity contribution >= 4 is 23.8 Å². The van der Waals surface area contributed by atoms with Crippen molar-refractivity contribution in [3.63, 3.8) is 0 Å². The van der Waals surface area contributed by atoms with Gasteiger partial charge in [0.25, 0.3) is 0 Å². The van der Waals surface area contributed by atoms with E-state index in [0.29, 0.717) is 37.9 Å². The second-order valence-electron chi connectivity index (χ2n) is 27.3. The topological polar surface area (TPSA) is 114 Å². The number of esters is 2. The lowest BCUT2D eigenvalue weighted by molar-refractivity contribution is -0.150. The monoisotopic (exact) mass is 1250 g/mol. The lowest BCUT2D eigenvalue weighted by Gasteiger charge is -2.23. The van der Waals surface area contributed by atoms with Gasteiger partial charge in [-0.05, 0) is 129 Å². The van der Waals surface area contributed by atoms with E-state index < -0.39 is 0 Å². The van der Waals surface area contributed by atoms with Gasteiger partial charge in [-0.3, -0.25) is 19.2 Å². The Labute approximate surface area is 552 Å². The van der Waals surface area contributed by atoms with E-state index in [1.807, 2.05) is 12.5 Å². The number of imidazole rings is 1. The average molecular weight is 1250 g/mol. The van der Waals surface area contributed by atoms with Gasteiger partial charge in [0.2, 0.25) is 11.8 Å². The Bertz CT molecular complexity index is 1580. The van der Waals surface area contributed by atoms with E-state index in [4.69, 9.17) is 9.47 Å². The Balaban J connectivity index is 2.50. The molecule has 1 heterocycles. The van der Waals surface area contributed by atoms with Crippen LogP contribution in [0.2, 0.25) is 0 Å². The highest BCUT2D eigenvalue weighted by Gasteiger charge is 2.21. The molecule has 0 radical (unpaired) electrons. The molecule has 2 amide bonds. The van der Waals surface area contributed by atoms with Crippen LogP contribution in [-0.2, 0) is 35.2 Å². The molecule has 0 fully saturated rings. The van der Waals surface area contributed by atoms with Crippen LogP contribution in [0.15, 0.2) is 18.7 Å². The van der Waals surface area contributed by atoms with Crippen LogP contribution in [0.25, 0.3) is 0 Å². The molecule has 11 heteroatoms. The minimum absolute atomic E-state index is 0.0379. The first-order valence-corrected chi connectivity index (χ1v) is 39.3. The quantitative estimate of drug-likeness (QED) is 0.0468. The van der Waals surface area contributed by atoms with Gasteiger partial charge in [-0.1, -0.05) is 260 Å². The molecular weight excluding hydrogens is 1100 g/mol. The summed E-state index contributed by atoms with van der Waals surface area (Å²) in [6.07, 6.45) is 65.8. The van der Waals surface area contributed by atoms with Crippen LogP contribution in [0.4, 0.5) is 0 Å². The number of aryl methyl sites for hydroxylation is 1. The molecule has 0 N–H and O–H groups in total. The van der Waals surface area contributed by atoms with Gasteiger partial charge in [-0.25, -0.2) is 4.98 Å². The van der Waals surface area contributed by atoms with E-state index in [1.54, 1.807) is 0 Å². The zero-order valence-corrected chi connectivity index (χ0v) is 60.1. The number of rotatable bonds is 70. The smallest absolute Gasteiger partial charge is 0.308 e. The van der Waals surface area contributed by atoms with E-state index in [9.17, 15) is 19.2 Å². The molecule has 0 aliphatic carbocycles. The highest BCUT2D eigenvalue weighted by molar-refractivity contribution is 5.76. The Hall–Kier alpha value is -2.95. The van der Waals surface area contributed by atoms with Crippen LogP contribution >= 0.6 is 0 Å². The molecule has 0 aliphatic rings. The fourth-order valence-electron chi connectivity index (χ4n) is 12.8. The van der Waals surface area contributed by atoms with Gasteiger partial charge in [0, 0.05) is 58.0 Å². The molecule has 0 aliphatic heterocycles. The summed E-state index contributed by atoms with van der Waals surface area (Å²) in [5.74, 6) is 0.883. The molecule has 1 aromatic heterocycles. The summed E-state index contributed by atoms with van der Waals surface area (Å²) in [5.41, 5.74) is 0. The van der Waals surface area contributed by atoms with Gasteiger partial charge in [0.05, 0.1) is 31.4 Å². The van der Waals surface area contributed by atoms with Crippen molar-refractivity contribution in [2.75, 3.05) is 59.0 Å². The lowest BCUT2D eigenvalue weighted by atomic mass is 9.94. The number of unbranched alkanes of at least 4 members (excludes halogenated alkanes) is 36. The fraction of sp³-hybridized carbons (Fsp3) is 0.910. The standard InChI is InChI=1S/C78H149N5O6/c1-7-13-19-25-29-41-56-73(54-39-21-15-9-3)77(86)88-70-51-37-35-49-67-82(65-47-23-17-11-5)75(84)58-43-31-27-33-45-61-80(63-53-64-81-69-60-79-72-81)62-46-34-28-32-44-59-76(85)83(66-48-24-18-12-6)68-50-36-38-52-71-89-78(87)74(55-40-22-16-10-4)57-42-30-26-20-14-8-2/h60,69,72-74H,7-59,61-68,70-71H2,1-6H3. The van der Waals surface area contributed by atoms with Crippen LogP contribution in [0.3, 0.4) is 0 Å². The van der Waals surface area contributed by atoms with Crippen LogP contribution in [0.1, 0.15) is 382 Å². The molecule has 2 unspecified atom stereocenters. The van der Waals surface area contributed by atoms with Crippen molar-refractivity contribution in [1.29, 1.82) is 0 Å². The number of carbonyl (C=O) groups is 4. The Morgan fingerprint density at radius 1 is 0.337 bits per heavy atom. The molecular formula is C78H149N5O6. The summed E-state index contributed by atoms with van der Waals surface area (Å²) in [6.45, 7) is 22.4. The number of nitrogens with zero attached hydrogens (tertiary/aromatic N) is 5. The first kappa shape index (κ1) is 84.1. The van der Waals surface area contributed by atoms with Crippen molar-refractivity contribution in [3.05, 3.63) is 18.7 Å². The first-order valence-electron chi connectivity index (χ1n) is 39.3. The summed E-state index contributed by atoms with van der Waals surface area (Å²) < 4.78 is 14.0. The van der Waals surface area contributed by atoms with Crippen molar-refractivity contribution in [2.24, 2.45) is 11.8 Å². The van der Waals surface area contributed by atoms with Gasteiger partial charge in [0.15, 0.2) is 0 Å². The second-order valence-corrected chi connectivity index (χ2v) is 27.3. The normalized spacial score (nSPS) is 12.3. The van der Waals surface area contributed by atoms with Crippen LogP contribution in [-0.4, -0.2) is 107 Å². The van der Waals surface area contributed by atoms with E-state index in [2.05, 4.69) is 72.0 Å². The summed E-state index contributed by atoms with van der Waals surface area (Å²) in [6, 6.07) is 0. The van der Waals surface area contributed by atoms with Gasteiger partial charge < -0.3 is 28.7 Å². The van der Waals surface area contributed by atoms with Crippen LogP contribution in [0, 0.1) is 11.8 Å². The lowest BCUT2D eigenvalue weighted by Crippen LogP contribution is -2.32. The number of amides is 2. The van der Waals surface area contributed by atoms with E-state index in [1.165, 1.54) is 180 Å². The Morgan fingerprint density at radius 3 is 0.966 bits per heavy atom. The van der Waals surface area contributed by atoms with Crippen molar-refractivity contribution < 1.29 is 28.7 Å². The molecule has 522 valence electrons. The van der Waals surface area contributed by atoms with Crippen molar-refractivity contribution in [2.45, 2.75) is 388 Å². The first-order chi connectivity index (χ1) is 43.7. The Morgan fingerprint density at radius 2 is 0.618 bits per heavy atom. The third-order valence-electron chi connectivity index (χ3n) is 18.9. The maximum absolute atomic E-state index is 13.6. The summed E-state index contributed by atoms with van der Waals surface area (Å²) in [5, 5.41) is 0. The molecule has 0 bridgehead atoms. The number of aromatic nitrogens is 2. The summed E-state index contributed by atoms with van der Waals surface area (Å²) in [4.78, 5) is 64.8. The minimum Gasteiger partial charge on any atom is -0.465 e. The van der Waals surface area contributed by atoms with Crippen molar-refractivity contribution in [1.82, 2.24) is 24.3 Å². The number of ether oxygens (including phenoxy) is 2.